The number of benzene rings is 1. The van der Waals surface area contributed by atoms with E-state index in [-0.39, 0.29) is 49.6 Å². The second kappa shape index (κ2) is 21.0. The Morgan fingerprint density at radius 1 is 0.981 bits per heavy atom. The smallest absolute Gasteiger partial charge is 0.257 e. The average molecular weight is 729 g/mol. The lowest BCUT2D eigenvalue weighted by molar-refractivity contribution is -0.134. The minimum absolute atomic E-state index is 0.0523. The molecule has 3 atom stereocenters. The van der Waals surface area contributed by atoms with Crippen LogP contribution in [0.4, 0.5) is 0 Å². The highest BCUT2D eigenvalue weighted by molar-refractivity contribution is 5.92. The van der Waals surface area contributed by atoms with Gasteiger partial charge in [0.2, 0.25) is 23.6 Å². The molecule has 2 bridgehead atoms. The number of carbonyl (C=O) groups is 5. The van der Waals surface area contributed by atoms with E-state index in [2.05, 4.69) is 26.4 Å². The molecule has 0 aliphatic carbocycles. The van der Waals surface area contributed by atoms with Crippen molar-refractivity contribution in [2.24, 2.45) is 5.92 Å². The third-order valence-corrected chi connectivity index (χ3v) is 8.85. The van der Waals surface area contributed by atoms with Gasteiger partial charge in [-0.1, -0.05) is 25.1 Å². The molecular formula is C37H56N6O9. The van der Waals surface area contributed by atoms with Crippen LogP contribution in [0.15, 0.2) is 22.7 Å². The van der Waals surface area contributed by atoms with E-state index < -0.39 is 30.0 Å². The van der Waals surface area contributed by atoms with E-state index in [4.69, 9.17) is 14.0 Å². The highest BCUT2D eigenvalue weighted by Gasteiger charge is 2.30. The van der Waals surface area contributed by atoms with Crippen molar-refractivity contribution in [1.29, 1.82) is 0 Å². The molecule has 4 rings (SSSR count). The lowest BCUT2D eigenvalue weighted by atomic mass is 10.0. The Kier molecular flexibility index (Phi) is 16.9. The number of aromatic nitrogens is 1. The van der Waals surface area contributed by atoms with Crippen molar-refractivity contribution < 1.29 is 43.1 Å². The second-order valence-electron chi connectivity index (χ2n) is 13.6. The van der Waals surface area contributed by atoms with Crippen molar-refractivity contribution in [3.05, 3.63) is 40.8 Å². The first-order valence-electron chi connectivity index (χ1n) is 18.1. The van der Waals surface area contributed by atoms with E-state index in [1.165, 1.54) is 14.0 Å². The minimum atomic E-state index is -1.23. The summed E-state index contributed by atoms with van der Waals surface area (Å²) in [4.78, 5) is 67.2. The van der Waals surface area contributed by atoms with Crippen LogP contribution in [0.5, 0.6) is 11.5 Å². The zero-order chi connectivity index (χ0) is 38.2. The molecule has 0 fully saturated rings. The number of fused-ring (bicyclic) bond motifs is 23. The summed E-state index contributed by atoms with van der Waals surface area (Å²) in [5.41, 5.74) is 2.44. The van der Waals surface area contributed by atoms with Crippen LogP contribution in [0.2, 0.25) is 0 Å². The van der Waals surface area contributed by atoms with Gasteiger partial charge in [-0.25, -0.2) is 0 Å². The fourth-order valence-corrected chi connectivity index (χ4v) is 5.92. The third kappa shape index (κ3) is 13.5. The quantitative estimate of drug-likeness (QED) is 0.262. The lowest BCUT2D eigenvalue weighted by Gasteiger charge is -2.26. The van der Waals surface area contributed by atoms with Crippen LogP contribution < -0.4 is 30.7 Å². The van der Waals surface area contributed by atoms with Crippen LogP contribution in [0.3, 0.4) is 0 Å². The first-order valence-corrected chi connectivity index (χ1v) is 18.1. The van der Waals surface area contributed by atoms with Crippen molar-refractivity contribution in [2.45, 2.75) is 104 Å². The Labute approximate surface area is 305 Å². The number of aliphatic hydroxyl groups is 1. The largest absolute Gasteiger partial charge is 0.493 e. The molecule has 1 aromatic carbocycles. The molecule has 0 spiro atoms. The summed E-state index contributed by atoms with van der Waals surface area (Å²) in [6.45, 7) is 10.1. The maximum absolute atomic E-state index is 13.4. The predicted molar refractivity (Wildman–Crippen MR) is 193 cm³/mol. The van der Waals surface area contributed by atoms with Gasteiger partial charge in [-0.15, -0.1) is 0 Å². The van der Waals surface area contributed by atoms with Crippen LogP contribution in [0.1, 0.15) is 81.9 Å². The molecule has 0 unspecified atom stereocenters. The van der Waals surface area contributed by atoms with Gasteiger partial charge in [-0.2, -0.15) is 0 Å². The number of nitrogens with one attached hydrogen (secondary N) is 4. The van der Waals surface area contributed by atoms with Crippen LogP contribution in [0.25, 0.3) is 0 Å². The first-order chi connectivity index (χ1) is 24.8. The van der Waals surface area contributed by atoms with Crippen molar-refractivity contribution >= 4 is 29.5 Å². The summed E-state index contributed by atoms with van der Waals surface area (Å²) in [6, 6.07) is 3.02. The molecule has 5 amide bonds. The molecule has 3 heterocycles. The van der Waals surface area contributed by atoms with E-state index in [1.807, 2.05) is 27.7 Å². The van der Waals surface area contributed by atoms with E-state index in [1.54, 1.807) is 23.1 Å². The molecule has 15 nitrogen and oxygen atoms in total. The van der Waals surface area contributed by atoms with E-state index in [0.717, 1.165) is 16.8 Å². The monoisotopic (exact) mass is 728 g/mol. The van der Waals surface area contributed by atoms with Crippen LogP contribution in [-0.4, -0.2) is 103 Å². The van der Waals surface area contributed by atoms with Crippen molar-refractivity contribution in [3.63, 3.8) is 0 Å². The zero-order valence-electron chi connectivity index (χ0n) is 31.3. The molecule has 52 heavy (non-hydrogen) atoms. The fraction of sp³-hybridized carbons (Fsp3) is 0.622. The van der Waals surface area contributed by atoms with Crippen LogP contribution in [-0.2, 0) is 36.8 Å². The molecule has 5 N–H and O–H groups in total. The van der Waals surface area contributed by atoms with Gasteiger partial charge < -0.3 is 45.3 Å². The molecule has 0 saturated carbocycles. The van der Waals surface area contributed by atoms with Gasteiger partial charge in [-0.3, -0.25) is 24.0 Å². The number of methoxy groups -OCH3 is 1. The summed E-state index contributed by atoms with van der Waals surface area (Å²) in [5, 5.41) is 25.4. The SMILES string of the molecule is COc1cc2ccc1OCC(=O)NCCCN(C(=O)CCc1c(C)noc1C)CCCCNC(=O)[C@H]([C@@H](C)O)NC(=O)[C@@H](CC(C)C)NC(=O)CC2. The number of aliphatic hydroxyl groups excluding tert-OH is 1. The molecule has 15 heteroatoms. The number of nitrogens with zero attached hydrogens (tertiary/aromatic N) is 2. The normalized spacial score (nSPS) is 20.0. The fourth-order valence-electron chi connectivity index (χ4n) is 5.92. The van der Waals surface area contributed by atoms with E-state index in [0.29, 0.717) is 75.4 Å². The molecule has 1 aromatic heterocycles. The number of hydrogen-bond acceptors (Lipinski definition) is 10. The van der Waals surface area contributed by atoms with E-state index in [9.17, 15) is 29.1 Å². The molecule has 288 valence electrons. The molecule has 0 saturated heterocycles. The molecule has 0 radical (unpaired) electrons. The van der Waals surface area contributed by atoms with E-state index >= 15 is 0 Å². The predicted octanol–water partition coefficient (Wildman–Crippen LogP) is 1.89. The number of hydrogen-bond donors (Lipinski definition) is 5. The maximum Gasteiger partial charge on any atom is 0.257 e. The lowest BCUT2D eigenvalue weighted by Crippen LogP contribution is -2.57. The number of ether oxygens (including phenoxy) is 2. The van der Waals surface area contributed by atoms with Crippen molar-refractivity contribution in [2.75, 3.05) is 39.9 Å². The van der Waals surface area contributed by atoms with Gasteiger partial charge in [0.05, 0.1) is 18.9 Å². The van der Waals surface area contributed by atoms with Gasteiger partial charge in [0.25, 0.3) is 5.91 Å². The van der Waals surface area contributed by atoms with Crippen LogP contribution in [0, 0.1) is 19.8 Å². The summed E-state index contributed by atoms with van der Waals surface area (Å²) in [7, 11) is 1.48. The number of aryl methyl sites for hydroxylation is 3. The van der Waals surface area contributed by atoms with Gasteiger partial charge in [0.15, 0.2) is 18.1 Å². The zero-order valence-corrected chi connectivity index (χ0v) is 31.3. The molecule has 2 aliphatic heterocycles. The molecule has 2 aromatic rings. The highest BCUT2D eigenvalue weighted by atomic mass is 16.5. The second-order valence-corrected chi connectivity index (χ2v) is 13.6. The van der Waals surface area contributed by atoms with Gasteiger partial charge >= 0.3 is 0 Å². The summed E-state index contributed by atoms with van der Waals surface area (Å²) in [5.74, 6) is -0.351. The average Bonchev–Trinajstić information content (AvgIpc) is 3.42. The Bertz CT molecular complexity index is 1490. The standard InChI is InChI=1S/C37H56N6O9/c1-23(2)20-29-36(48)41-35(25(4)44)37(49)39-16-7-8-18-43(34(47)15-12-28-24(3)42-52-26(28)5)19-9-17-38-33(46)22-51-30-13-10-27(21-31(30)50-6)11-14-32(45)40-29/h10,13,21,23,25,29,35,44H,7-9,11-12,14-20,22H2,1-6H3,(H,38,46)(H,39,49)(H,40,45)(H,41,48)/t25-,29-,35+/m1/s1. The van der Waals surface area contributed by atoms with Crippen molar-refractivity contribution in [1.82, 2.24) is 31.3 Å². The highest BCUT2D eigenvalue weighted by Crippen LogP contribution is 2.28. The summed E-state index contributed by atoms with van der Waals surface area (Å²) >= 11 is 0. The number of rotatable bonds is 7. The Morgan fingerprint density at radius 2 is 1.71 bits per heavy atom. The first kappa shape index (κ1) is 41.8. The Balaban J connectivity index is 1.76. The topological polar surface area (TPSA) is 201 Å². The van der Waals surface area contributed by atoms with Gasteiger partial charge in [0.1, 0.15) is 17.8 Å². The molecular weight excluding hydrogens is 672 g/mol. The Hall–Kier alpha value is -4.66. The maximum atomic E-state index is 13.4. The van der Waals surface area contributed by atoms with Crippen molar-refractivity contribution in [3.8, 4) is 11.5 Å². The molecule has 2 aliphatic rings. The Morgan fingerprint density at radius 3 is 2.38 bits per heavy atom. The summed E-state index contributed by atoms with van der Waals surface area (Å²) in [6.07, 6.45) is 1.92. The summed E-state index contributed by atoms with van der Waals surface area (Å²) < 4.78 is 16.4. The number of amides is 5. The minimum Gasteiger partial charge on any atom is -0.493 e. The third-order valence-electron chi connectivity index (χ3n) is 8.85. The number of carbonyl (C=O) groups excluding carboxylic acids is 5. The van der Waals surface area contributed by atoms with Gasteiger partial charge in [0, 0.05) is 44.6 Å². The van der Waals surface area contributed by atoms with Crippen LogP contribution >= 0.6 is 0 Å². The van der Waals surface area contributed by atoms with Gasteiger partial charge in [-0.05, 0) is 82.9 Å².